The molecule has 0 spiro atoms. The molecule has 1 amide bonds. The number of nitrogens with zero attached hydrogens (tertiary/aromatic N) is 1. The fourth-order valence-corrected chi connectivity index (χ4v) is 2.01. The summed E-state index contributed by atoms with van der Waals surface area (Å²) in [6, 6.07) is 16.3. The number of likely N-dealkylation sites (N-methyl/N-ethyl adjacent to an activating group) is 1. The van der Waals surface area contributed by atoms with Crippen LogP contribution in [0.2, 0.25) is 0 Å². The fraction of sp³-hybridized carbons (Fsp3) is 0.176. The smallest absolute Gasteiger partial charge is 0.339 e. The number of carbonyl (C=O) groups excluding carboxylic acids is 2. The van der Waals surface area contributed by atoms with Crippen LogP contribution in [0.25, 0.3) is 0 Å². The summed E-state index contributed by atoms with van der Waals surface area (Å²) in [4.78, 5) is 25.5. The number of para-hydroxylation sites is 2. The average Bonchev–Trinajstić information content (AvgIpc) is 2.59. The molecule has 0 unspecified atom stereocenters. The molecule has 2 aromatic carbocycles. The number of methoxy groups -OCH3 is 1. The maximum absolute atomic E-state index is 12.2. The van der Waals surface area contributed by atoms with Gasteiger partial charge in [0.15, 0.2) is 0 Å². The summed E-state index contributed by atoms with van der Waals surface area (Å²) in [5, 5.41) is 2.99. The molecule has 0 aromatic heterocycles. The summed E-state index contributed by atoms with van der Waals surface area (Å²) in [6.07, 6.45) is 0. The Kier molecular flexibility index (Phi) is 5.14. The number of rotatable bonds is 5. The van der Waals surface area contributed by atoms with Gasteiger partial charge in [-0.3, -0.25) is 4.79 Å². The van der Waals surface area contributed by atoms with E-state index in [2.05, 4.69) is 5.32 Å². The van der Waals surface area contributed by atoms with Gasteiger partial charge in [0, 0.05) is 18.4 Å². The Bertz CT molecular complexity index is 656. The molecular weight excluding hydrogens is 280 g/mol. The van der Waals surface area contributed by atoms with Crippen molar-refractivity contribution in [2.45, 2.75) is 0 Å². The zero-order valence-electron chi connectivity index (χ0n) is 12.6. The Balaban J connectivity index is 2.04. The summed E-state index contributed by atoms with van der Waals surface area (Å²) >= 11 is 0. The first-order valence-corrected chi connectivity index (χ1v) is 6.86. The molecule has 0 bridgehead atoms. The summed E-state index contributed by atoms with van der Waals surface area (Å²) in [5.41, 5.74) is 1.79. The van der Waals surface area contributed by atoms with Gasteiger partial charge in [0.2, 0.25) is 5.91 Å². The van der Waals surface area contributed by atoms with Crippen LogP contribution < -0.4 is 10.2 Å². The predicted molar refractivity (Wildman–Crippen MR) is 86.1 cm³/mol. The molecule has 0 atom stereocenters. The van der Waals surface area contributed by atoms with E-state index < -0.39 is 5.97 Å². The summed E-state index contributed by atoms with van der Waals surface area (Å²) < 4.78 is 4.73. The van der Waals surface area contributed by atoms with Crippen molar-refractivity contribution in [1.82, 2.24) is 0 Å². The van der Waals surface area contributed by atoms with Crippen molar-refractivity contribution in [2.75, 3.05) is 30.9 Å². The summed E-state index contributed by atoms with van der Waals surface area (Å²) in [7, 11) is 3.04. The van der Waals surface area contributed by atoms with Crippen LogP contribution in [0.1, 0.15) is 10.4 Å². The molecule has 114 valence electrons. The third kappa shape index (κ3) is 3.63. The van der Waals surface area contributed by atoms with Gasteiger partial charge in [-0.2, -0.15) is 0 Å². The molecular formula is C17H18N2O3. The molecule has 0 heterocycles. The summed E-state index contributed by atoms with van der Waals surface area (Å²) in [6.45, 7) is 0.0827. The zero-order valence-corrected chi connectivity index (χ0v) is 12.6. The van der Waals surface area contributed by atoms with Gasteiger partial charge in [0.25, 0.3) is 0 Å². The number of benzene rings is 2. The third-order valence-electron chi connectivity index (χ3n) is 3.28. The number of carbonyl (C=O) groups is 2. The standard InChI is InChI=1S/C17H18N2O3/c1-19(13-8-4-3-5-9-13)16(20)12-18-15-11-7-6-10-14(15)17(21)22-2/h3-11,18H,12H2,1-2H3. The normalized spacial score (nSPS) is 9.91. The van der Waals surface area contributed by atoms with Gasteiger partial charge in [-0.05, 0) is 24.3 Å². The molecule has 22 heavy (non-hydrogen) atoms. The third-order valence-corrected chi connectivity index (χ3v) is 3.28. The van der Waals surface area contributed by atoms with Crippen molar-refractivity contribution in [3.05, 3.63) is 60.2 Å². The van der Waals surface area contributed by atoms with E-state index in [-0.39, 0.29) is 12.5 Å². The highest BCUT2D eigenvalue weighted by Gasteiger charge is 2.14. The van der Waals surface area contributed by atoms with E-state index in [9.17, 15) is 9.59 Å². The van der Waals surface area contributed by atoms with E-state index in [1.54, 1.807) is 36.2 Å². The second kappa shape index (κ2) is 7.26. The first-order valence-electron chi connectivity index (χ1n) is 6.86. The maximum Gasteiger partial charge on any atom is 0.339 e. The van der Waals surface area contributed by atoms with Crippen LogP contribution in [0.4, 0.5) is 11.4 Å². The number of esters is 1. The molecule has 5 heteroatoms. The van der Waals surface area contributed by atoms with Crippen LogP contribution in [0.3, 0.4) is 0 Å². The number of hydrogen-bond acceptors (Lipinski definition) is 4. The highest BCUT2D eigenvalue weighted by atomic mass is 16.5. The highest BCUT2D eigenvalue weighted by Crippen LogP contribution is 2.16. The van der Waals surface area contributed by atoms with E-state index in [0.29, 0.717) is 11.3 Å². The van der Waals surface area contributed by atoms with Crippen molar-refractivity contribution in [3.63, 3.8) is 0 Å². The quantitative estimate of drug-likeness (QED) is 0.862. The SMILES string of the molecule is COC(=O)c1ccccc1NCC(=O)N(C)c1ccccc1. The van der Waals surface area contributed by atoms with Crippen molar-refractivity contribution in [1.29, 1.82) is 0 Å². The number of ether oxygens (including phenoxy) is 1. The lowest BCUT2D eigenvalue weighted by atomic mass is 10.2. The molecule has 0 aliphatic carbocycles. The largest absolute Gasteiger partial charge is 0.465 e. The molecule has 1 N–H and O–H groups in total. The Labute approximate surface area is 129 Å². The number of amides is 1. The minimum atomic E-state index is -0.438. The zero-order chi connectivity index (χ0) is 15.9. The van der Waals surface area contributed by atoms with Crippen LogP contribution in [-0.2, 0) is 9.53 Å². The van der Waals surface area contributed by atoms with Crippen LogP contribution in [0, 0.1) is 0 Å². The van der Waals surface area contributed by atoms with Gasteiger partial charge in [0.1, 0.15) is 0 Å². The van der Waals surface area contributed by atoms with Gasteiger partial charge in [-0.25, -0.2) is 4.79 Å². The highest BCUT2D eigenvalue weighted by molar-refractivity contribution is 5.98. The minimum Gasteiger partial charge on any atom is -0.465 e. The second-order valence-electron chi connectivity index (χ2n) is 4.68. The topological polar surface area (TPSA) is 58.6 Å². The van der Waals surface area contributed by atoms with Crippen LogP contribution in [0.15, 0.2) is 54.6 Å². The lowest BCUT2D eigenvalue weighted by Crippen LogP contribution is -2.32. The van der Waals surface area contributed by atoms with Crippen LogP contribution in [0.5, 0.6) is 0 Å². The van der Waals surface area contributed by atoms with Gasteiger partial charge >= 0.3 is 5.97 Å². The molecule has 0 saturated heterocycles. The van der Waals surface area contributed by atoms with E-state index in [1.807, 2.05) is 30.3 Å². The lowest BCUT2D eigenvalue weighted by molar-refractivity contribution is -0.116. The Morgan fingerprint density at radius 1 is 1.05 bits per heavy atom. The van der Waals surface area contributed by atoms with Crippen molar-refractivity contribution in [3.8, 4) is 0 Å². The Morgan fingerprint density at radius 3 is 2.36 bits per heavy atom. The molecule has 0 aliphatic rings. The second-order valence-corrected chi connectivity index (χ2v) is 4.68. The molecule has 5 nitrogen and oxygen atoms in total. The van der Waals surface area contributed by atoms with Crippen molar-refractivity contribution < 1.29 is 14.3 Å². The minimum absolute atomic E-state index is 0.0827. The van der Waals surface area contributed by atoms with E-state index in [0.717, 1.165) is 5.69 Å². The van der Waals surface area contributed by atoms with Crippen LogP contribution >= 0.6 is 0 Å². The molecule has 0 aliphatic heterocycles. The Hall–Kier alpha value is -2.82. The molecule has 2 rings (SSSR count). The monoisotopic (exact) mass is 298 g/mol. The molecule has 2 aromatic rings. The average molecular weight is 298 g/mol. The molecule has 0 radical (unpaired) electrons. The fourth-order valence-electron chi connectivity index (χ4n) is 2.01. The van der Waals surface area contributed by atoms with E-state index in [1.165, 1.54) is 7.11 Å². The first kappa shape index (κ1) is 15.6. The lowest BCUT2D eigenvalue weighted by Gasteiger charge is -2.18. The van der Waals surface area contributed by atoms with Crippen molar-refractivity contribution >= 4 is 23.3 Å². The van der Waals surface area contributed by atoms with Gasteiger partial charge in [-0.15, -0.1) is 0 Å². The summed E-state index contributed by atoms with van der Waals surface area (Å²) in [5.74, 6) is -0.544. The van der Waals surface area contributed by atoms with Gasteiger partial charge < -0.3 is 15.0 Å². The number of nitrogens with one attached hydrogen (secondary N) is 1. The Morgan fingerprint density at radius 2 is 1.68 bits per heavy atom. The molecule has 0 fully saturated rings. The van der Waals surface area contributed by atoms with E-state index in [4.69, 9.17) is 4.74 Å². The van der Waals surface area contributed by atoms with Gasteiger partial charge in [0.05, 0.1) is 19.2 Å². The van der Waals surface area contributed by atoms with Crippen molar-refractivity contribution in [2.24, 2.45) is 0 Å². The number of anilines is 2. The first-order chi connectivity index (χ1) is 10.6. The van der Waals surface area contributed by atoms with Crippen LogP contribution in [-0.4, -0.2) is 32.6 Å². The molecule has 0 saturated carbocycles. The van der Waals surface area contributed by atoms with Gasteiger partial charge in [-0.1, -0.05) is 30.3 Å². The van der Waals surface area contributed by atoms with E-state index >= 15 is 0 Å². The maximum atomic E-state index is 12.2. The number of hydrogen-bond donors (Lipinski definition) is 1. The predicted octanol–water partition coefficient (Wildman–Crippen LogP) is 2.55.